The average Bonchev–Trinajstić information content (AvgIpc) is 2.82. The number of hydrogen-bond acceptors (Lipinski definition) is 2. The second kappa shape index (κ2) is 5.43. The van der Waals surface area contributed by atoms with Crippen molar-refractivity contribution in [2.45, 2.75) is 26.3 Å². The van der Waals surface area contributed by atoms with E-state index in [9.17, 15) is 4.79 Å². The summed E-state index contributed by atoms with van der Waals surface area (Å²) in [6.07, 6.45) is 6.88. The Bertz CT molecular complexity index is 489. The van der Waals surface area contributed by atoms with Crippen LogP contribution in [0, 0.1) is 6.92 Å². The smallest absolute Gasteiger partial charge is 0.163 e. The quantitative estimate of drug-likeness (QED) is 0.737. The minimum absolute atomic E-state index is 0.225. The third-order valence-electron chi connectivity index (χ3n) is 2.82. The van der Waals surface area contributed by atoms with Gasteiger partial charge in [0.15, 0.2) is 5.78 Å². The first-order valence-electron chi connectivity index (χ1n) is 5.82. The molecule has 0 aliphatic heterocycles. The molecule has 2 aromatic rings. The van der Waals surface area contributed by atoms with Gasteiger partial charge in [-0.3, -0.25) is 4.79 Å². The van der Waals surface area contributed by atoms with E-state index in [1.165, 1.54) is 0 Å². The molecule has 3 nitrogen and oxygen atoms in total. The van der Waals surface area contributed by atoms with Crippen LogP contribution in [0.2, 0.25) is 0 Å². The first-order chi connectivity index (χ1) is 8.27. The van der Waals surface area contributed by atoms with E-state index < -0.39 is 0 Å². The molecule has 0 unspecified atom stereocenters. The maximum absolute atomic E-state index is 12.0. The topological polar surface area (TPSA) is 34.9 Å². The van der Waals surface area contributed by atoms with Gasteiger partial charge in [0, 0.05) is 30.9 Å². The summed E-state index contributed by atoms with van der Waals surface area (Å²) >= 11 is 0. The Morgan fingerprint density at radius 3 is 2.88 bits per heavy atom. The van der Waals surface area contributed by atoms with Crippen LogP contribution in [0.5, 0.6) is 0 Å². The number of imidazole rings is 1. The van der Waals surface area contributed by atoms with E-state index in [0.717, 1.165) is 24.1 Å². The van der Waals surface area contributed by atoms with E-state index >= 15 is 0 Å². The van der Waals surface area contributed by atoms with Crippen LogP contribution in [-0.2, 0) is 6.54 Å². The van der Waals surface area contributed by atoms with E-state index in [1.54, 1.807) is 12.5 Å². The zero-order valence-corrected chi connectivity index (χ0v) is 9.97. The maximum Gasteiger partial charge on any atom is 0.163 e. The molecule has 1 heterocycles. The first kappa shape index (κ1) is 11.6. The molecular formula is C14H16N2O. The minimum Gasteiger partial charge on any atom is -0.337 e. The molecule has 0 amide bonds. The first-order valence-corrected chi connectivity index (χ1v) is 5.82. The number of hydrogen-bond donors (Lipinski definition) is 0. The summed E-state index contributed by atoms with van der Waals surface area (Å²) in [6, 6.07) is 7.74. The molecule has 17 heavy (non-hydrogen) atoms. The van der Waals surface area contributed by atoms with Crippen LogP contribution in [0.1, 0.15) is 28.8 Å². The molecule has 1 aromatic carbocycles. The monoisotopic (exact) mass is 228 g/mol. The largest absolute Gasteiger partial charge is 0.337 e. The average molecular weight is 228 g/mol. The summed E-state index contributed by atoms with van der Waals surface area (Å²) in [4.78, 5) is 15.9. The Morgan fingerprint density at radius 2 is 2.18 bits per heavy atom. The van der Waals surface area contributed by atoms with Crippen molar-refractivity contribution in [1.82, 2.24) is 9.55 Å². The molecule has 3 heteroatoms. The van der Waals surface area contributed by atoms with Crippen molar-refractivity contribution in [2.75, 3.05) is 0 Å². The highest BCUT2D eigenvalue weighted by Crippen LogP contribution is 2.11. The van der Waals surface area contributed by atoms with E-state index in [-0.39, 0.29) is 5.78 Å². The lowest BCUT2D eigenvalue weighted by Gasteiger charge is -2.05. The van der Waals surface area contributed by atoms with Gasteiger partial charge in [0.2, 0.25) is 0 Å². The summed E-state index contributed by atoms with van der Waals surface area (Å²) in [5, 5.41) is 0. The molecule has 0 fully saturated rings. The number of rotatable bonds is 5. The van der Waals surface area contributed by atoms with Gasteiger partial charge in [-0.25, -0.2) is 4.98 Å². The lowest BCUT2D eigenvalue weighted by Crippen LogP contribution is -2.04. The molecule has 2 rings (SSSR count). The maximum atomic E-state index is 12.0. The van der Waals surface area contributed by atoms with Gasteiger partial charge in [-0.15, -0.1) is 0 Å². The van der Waals surface area contributed by atoms with Gasteiger partial charge in [-0.05, 0) is 18.9 Å². The number of carbonyl (C=O) groups excluding carboxylic acids is 1. The lowest BCUT2D eigenvalue weighted by molar-refractivity contribution is 0.0978. The van der Waals surface area contributed by atoms with Crippen molar-refractivity contribution in [3.8, 4) is 0 Å². The molecule has 0 saturated carbocycles. The molecule has 0 spiro atoms. The molecule has 0 atom stereocenters. The zero-order chi connectivity index (χ0) is 12.1. The van der Waals surface area contributed by atoms with Gasteiger partial charge in [0.25, 0.3) is 0 Å². The number of nitrogens with zero attached hydrogens (tertiary/aromatic N) is 2. The summed E-state index contributed by atoms with van der Waals surface area (Å²) in [5.74, 6) is 0.225. The fraction of sp³-hybridized carbons (Fsp3) is 0.286. The van der Waals surface area contributed by atoms with Gasteiger partial charge in [-0.1, -0.05) is 24.3 Å². The van der Waals surface area contributed by atoms with Crippen molar-refractivity contribution in [1.29, 1.82) is 0 Å². The van der Waals surface area contributed by atoms with E-state index in [0.29, 0.717) is 6.42 Å². The Kier molecular flexibility index (Phi) is 3.70. The fourth-order valence-corrected chi connectivity index (χ4v) is 1.86. The Labute approximate surface area is 101 Å². The van der Waals surface area contributed by atoms with Crippen molar-refractivity contribution in [3.63, 3.8) is 0 Å². The second-order valence-electron chi connectivity index (χ2n) is 4.14. The Morgan fingerprint density at radius 1 is 1.35 bits per heavy atom. The predicted molar refractivity (Wildman–Crippen MR) is 67.0 cm³/mol. The molecule has 0 radical (unpaired) electrons. The Balaban J connectivity index is 1.88. The number of ketones is 1. The zero-order valence-electron chi connectivity index (χ0n) is 9.97. The van der Waals surface area contributed by atoms with Gasteiger partial charge < -0.3 is 4.57 Å². The number of Topliss-reactive ketones (excluding diaryl/α,β-unsaturated/α-hetero) is 1. The number of benzene rings is 1. The summed E-state index contributed by atoms with van der Waals surface area (Å²) in [7, 11) is 0. The summed E-state index contributed by atoms with van der Waals surface area (Å²) in [5.41, 5.74) is 1.90. The van der Waals surface area contributed by atoms with Crippen LogP contribution in [0.15, 0.2) is 43.0 Å². The Hall–Kier alpha value is -1.90. The summed E-state index contributed by atoms with van der Waals surface area (Å²) in [6.45, 7) is 2.82. The number of aromatic nitrogens is 2. The van der Waals surface area contributed by atoms with E-state index in [2.05, 4.69) is 4.98 Å². The van der Waals surface area contributed by atoms with Crippen LogP contribution in [0.3, 0.4) is 0 Å². The second-order valence-corrected chi connectivity index (χ2v) is 4.14. The van der Waals surface area contributed by atoms with Crippen LogP contribution >= 0.6 is 0 Å². The molecule has 0 aliphatic rings. The van der Waals surface area contributed by atoms with Gasteiger partial charge in [-0.2, -0.15) is 0 Å². The third kappa shape index (κ3) is 3.03. The SMILES string of the molecule is Cc1ccccc1C(=O)CCCn1ccnc1. The molecule has 1 aromatic heterocycles. The molecule has 88 valence electrons. The van der Waals surface area contributed by atoms with Crippen molar-refractivity contribution >= 4 is 5.78 Å². The minimum atomic E-state index is 0.225. The number of aryl methyl sites for hydroxylation is 2. The highest BCUT2D eigenvalue weighted by atomic mass is 16.1. The normalized spacial score (nSPS) is 10.4. The lowest BCUT2D eigenvalue weighted by atomic mass is 10.0. The van der Waals surface area contributed by atoms with Crippen LogP contribution < -0.4 is 0 Å². The fourth-order valence-electron chi connectivity index (χ4n) is 1.86. The van der Waals surface area contributed by atoms with Crippen molar-refractivity contribution in [2.24, 2.45) is 0 Å². The number of carbonyl (C=O) groups is 1. The van der Waals surface area contributed by atoms with Crippen LogP contribution in [-0.4, -0.2) is 15.3 Å². The molecule has 0 saturated heterocycles. The third-order valence-corrected chi connectivity index (χ3v) is 2.82. The highest BCUT2D eigenvalue weighted by molar-refractivity contribution is 5.97. The van der Waals surface area contributed by atoms with Gasteiger partial charge in [0.1, 0.15) is 0 Å². The van der Waals surface area contributed by atoms with Crippen LogP contribution in [0.25, 0.3) is 0 Å². The predicted octanol–water partition coefficient (Wildman–Crippen LogP) is 2.85. The van der Waals surface area contributed by atoms with E-state index in [1.807, 2.05) is 42.0 Å². The standard InChI is InChI=1S/C14H16N2O/c1-12-5-2-3-6-13(12)14(17)7-4-9-16-10-8-15-11-16/h2-3,5-6,8,10-11H,4,7,9H2,1H3. The van der Waals surface area contributed by atoms with Crippen LogP contribution in [0.4, 0.5) is 0 Å². The van der Waals surface area contributed by atoms with Gasteiger partial charge in [0.05, 0.1) is 6.33 Å². The molecule has 0 bridgehead atoms. The molecule has 0 aliphatic carbocycles. The highest BCUT2D eigenvalue weighted by Gasteiger charge is 2.07. The summed E-state index contributed by atoms with van der Waals surface area (Å²) < 4.78 is 1.99. The van der Waals surface area contributed by atoms with Gasteiger partial charge >= 0.3 is 0 Å². The molecular weight excluding hydrogens is 212 g/mol. The van der Waals surface area contributed by atoms with E-state index in [4.69, 9.17) is 0 Å². The van der Waals surface area contributed by atoms with Crippen molar-refractivity contribution in [3.05, 3.63) is 54.1 Å². The molecule has 0 N–H and O–H groups in total. The van der Waals surface area contributed by atoms with Crippen molar-refractivity contribution < 1.29 is 4.79 Å².